The first-order chi connectivity index (χ1) is 5.65. The molecule has 0 unspecified atom stereocenters. The molecule has 0 aliphatic rings. The first-order valence-electron chi connectivity index (χ1n) is 4.15. The normalized spacial score (nSPS) is 11.1. The maximum atomic E-state index is 8.85. The Balaban J connectivity index is 2.80. The molecule has 4 nitrogen and oxygen atoms in total. The highest BCUT2D eigenvalue weighted by Gasteiger charge is 2.07. The fourth-order valence-corrected chi connectivity index (χ4v) is 1.06. The molecule has 12 heavy (non-hydrogen) atoms. The van der Waals surface area contributed by atoms with Crippen molar-refractivity contribution in [3.05, 3.63) is 11.4 Å². The van der Waals surface area contributed by atoms with Crippen LogP contribution in [-0.2, 0) is 13.2 Å². The van der Waals surface area contributed by atoms with E-state index < -0.39 is 0 Å². The third-order valence-electron chi connectivity index (χ3n) is 1.77. The van der Waals surface area contributed by atoms with Gasteiger partial charge >= 0.3 is 0 Å². The highest BCUT2D eigenvalue weighted by Crippen LogP contribution is 2.05. The largest absolute Gasteiger partial charge is 0.390 e. The Morgan fingerprint density at radius 3 is 2.58 bits per heavy atom. The van der Waals surface area contributed by atoms with Gasteiger partial charge in [0.15, 0.2) is 0 Å². The maximum Gasteiger partial charge on any atom is 0.111 e. The summed E-state index contributed by atoms with van der Waals surface area (Å²) >= 11 is 0. The van der Waals surface area contributed by atoms with E-state index in [1.54, 1.807) is 0 Å². The van der Waals surface area contributed by atoms with Gasteiger partial charge < -0.3 is 5.11 Å². The van der Waals surface area contributed by atoms with E-state index in [2.05, 4.69) is 24.2 Å². The van der Waals surface area contributed by atoms with Gasteiger partial charge in [-0.2, -0.15) is 0 Å². The van der Waals surface area contributed by atoms with Crippen molar-refractivity contribution in [3.8, 4) is 0 Å². The van der Waals surface area contributed by atoms with E-state index >= 15 is 0 Å². The number of aliphatic hydroxyl groups excluding tert-OH is 1. The smallest absolute Gasteiger partial charge is 0.111 e. The summed E-state index contributed by atoms with van der Waals surface area (Å²) in [7, 11) is 0. The highest BCUT2D eigenvalue weighted by atomic mass is 16.3. The van der Waals surface area contributed by atoms with Crippen molar-refractivity contribution >= 4 is 0 Å². The zero-order chi connectivity index (χ0) is 9.14. The summed E-state index contributed by atoms with van der Waals surface area (Å²) < 4.78 is 1.83. The summed E-state index contributed by atoms with van der Waals surface area (Å²) in [6.07, 6.45) is 0. The van der Waals surface area contributed by atoms with Crippen LogP contribution in [0.3, 0.4) is 0 Å². The third-order valence-corrected chi connectivity index (χ3v) is 1.77. The third kappa shape index (κ3) is 1.82. The number of rotatable bonds is 3. The van der Waals surface area contributed by atoms with E-state index in [4.69, 9.17) is 5.11 Å². The molecule has 0 saturated heterocycles. The predicted molar refractivity (Wildman–Crippen MR) is 45.5 cm³/mol. The van der Waals surface area contributed by atoms with Gasteiger partial charge in [-0.15, -0.1) is 5.10 Å². The van der Waals surface area contributed by atoms with Gasteiger partial charge in [0, 0.05) is 6.54 Å². The van der Waals surface area contributed by atoms with Crippen molar-refractivity contribution < 1.29 is 5.11 Å². The summed E-state index contributed by atoms with van der Waals surface area (Å²) in [4.78, 5) is 0. The van der Waals surface area contributed by atoms with E-state index in [9.17, 15) is 0 Å². The Labute approximate surface area is 72.2 Å². The van der Waals surface area contributed by atoms with Crippen molar-refractivity contribution in [3.63, 3.8) is 0 Å². The van der Waals surface area contributed by atoms with Crippen molar-refractivity contribution in [1.82, 2.24) is 15.0 Å². The molecule has 0 atom stereocenters. The highest BCUT2D eigenvalue weighted by molar-refractivity contribution is 5.05. The van der Waals surface area contributed by atoms with Gasteiger partial charge in [-0.1, -0.05) is 19.1 Å². The second-order valence-corrected chi connectivity index (χ2v) is 3.36. The summed E-state index contributed by atoms with van der Waals surface area (Å²) in [5.41, 5.74) is 1.64. The lowest BCUT2D eigenvalue weighted by Crippen LogP contribution is -2.08. The van der Waals surface area contributed by atoms with Crippen LogP contribution in [0.5, 0.6) is 0 Å². The Morgan fingerprint density at radius 1 is 1.50 bits per heavy atom. The molecule has 1 heterocycles. The number of aliphatic hydroxyl groups is 1. The van der Waals surface area contributed by atoms with Crippen LogP contribution >= 0.6 is 0 Å². The van der Waals surface area contributed by atoms with Gasteiger partial charge in [0.2, 0.25) is 0 Å². The minimum absolute atomic E-state index is 0.0239. The van der Waals surface area contributed by atoms with Crippen molar-refractivity contribution in [1.29, 1.82) is 0 Å². The lowest BCUT2D eigenvalue weighted by atomic mass is 10.2. The van der Waals surface area contributed by atoms with Crippen molar-refractivity contribution in [2.75, 3.05) is 0 Å². The van der Waals surface area contributed by atoms with Crippen LogP contribution in [0.4, 0.5) is 0 Å². The predicted octanol–water partition coefficient (Wildman–Crippen LogP) is 0.735. The summed E-state index contributed by atoms with van der Waals surface area (Å²) in [6, 6.07) is 0. The molecule has 0 fully saturated rings. The standard InChI is InChI=1S/C8H15N3O/c1-6(2)4-11-7(3)8(5-12)9-10-11/h6,12H,4-5H2,1-3H3. The zero-order valence-corrected chi connectivity index (χ0v) is 7.78. The molecule has 0 bridgehead atoms. The number of hydrogen-bond acceptors (Lipinski definition) is 3. The molecular formula is C8H15N3O. The molecule has 0 saturated carbocycles. The van der Waals surface area contributed by atoms with Crippen LogP contribution in [0.25, 0.3) is 0 Å². The summed E-state index contributed by atoms with van der Waals surface area (Å²) in [5.74, 6) is 0.553. The van der Waals surface area contributed by atoms with Crippen molar-refractivity contribution in [2.24, 2.45) is 5.92 Å². The second-order valence-electron chi connectivity index (χ2n) is 3.36. The molecule has 1 aromatic rings. The van der Waals surface area contributed by atoms with Gasteiger partial charge in [-0.25, -0.2) is 4.68 Å². The molecule has 0 aromatic carbocycles. The topological polar surface area (TPSA) is 50.9 Å². The Hall–Kier alpha value is -0.900. The summed E-state index contributed by atoms with van der Waals surface area (Å²) in [5, 5.41) is 16.6. The molecule has 68 valence electrons. The van der Waals surface area contributed by atoms with Gasteiger partial charge in [-0.05, 0) is 12.8 Å². The fraction of sp³-hybridized carbons (Fsp3) is 0.750. The Bertz CT molecular complexity index is 255. The average molecular weight is 169 g/mol. The quantitative estimate of drug-likeness (QED) is 0.726. The van der Waals surface area contributed by atoms with Crippen LogP contribution in [0.2, 0.25) is 0 Å². The fourth-order valence-electron chi connectivity index (χ4n) is 1.06. The molecule has 1 N–H and O–H groups in total. The maximum absolute atomic E-state index is 8.85. The van der Waals surface area contributed by atoms with Crippen LogP contribution in [0.15, 0.2) is 0 Å². The summed E-state index contributed by atoms with van der Waals surface area (Å²) in [6.45, 7) is 7.01. The minimum Gasteiger partial charge on any atom is -0.390 e. The number of hydrogen-bond donors (Lipinski definition) is 1. The average Bonchev–Trinajstić information content (AvgIpc) is 2.32. The molecule has 0 aliphatic heterocycles. The zero-order valence-electron chi connectivity index (χ0n) is 7.78. The van der Waals surface area contributed by atoms with Crippen LogP contribution in [-0.4, -0.2) is 20.1 Å². The molecule has 0 amide bonds. The van der Waals surface area contributed by atoms with E-state index in [0.29, 0.717) is 11.6 Å². The van der Waals surface area contributed by atoms with E-state index in [1.165, 1.54) is 0 Å². The molecule has 1 aromatic heterocycles. The number of nitrogens with zero attached hydrogens (tertiary/aromatic N) is 3. The Morgan fingerprint density at radius 2 is 2.17 bits per heavy atom. The van der Waals surface area contributed by atoms with Gasteiger partial charge in [0.1, 0.15) is 5.69 Å². The van der Waals surface area contributed by atoms with Crippen LogP contribution in [0, 0.1) is 12.8 Å². The van der Waals surface area contributed by atoms with Gasteiger partial charge in [-0.3, -0.25) is 0 Å². The molecule has 4 heteroatoms. The molecule has 0 radical (unpaired) electrons. The van der Waals surface area contributed by atoms with Crippen LogP contribution < -0.4 is 0 Å². The van der Waals surface area contributed by atoms with E-state index in [-0.39, 0.29) is 6.61 Å². The monoisotopic (exact) mass is 169 g/mol. The first kappa shape index (κ1) is 9.19. The number of aromatic nitrogens is 3. The minimum atomic E-state index is -0.0239. The molecule has 1 rings (SSSR count). The van der Waals surface area contributed by atoms with E-state index in [0.717, 1.165) is 12.2 Å². The molecular weight excluding hydrogens is 154 g/mol. The van der Waals surface area contributed by atoms with Gasteiger partial charge in [0.05, 0.1) is 12.3 Å². The van der Waals surface area contributed by atoms with Crippen molar-refractivity contribution in [2.45, 2.75) is 33.9 Å². The Kier molecular flexibility index (Phi) is 2.81. The second kappa shape index (κ2) is 3.67. The molecule has 0 spiro atoms. The SMILES string of the molecule is Cc1c(CO)nnn1CC(C)C. The van der Waals surface area contributed by atoms with E-state index in [1.807, 2.05) is 11.6 Å². The van der Waals surface area contributed by atoms with Crippen LogP contribution in [0.1, 0.15) is 25.2 Å². The lowest BCUT2D eigenvalue weighted by Gasteiger charge is -2.05. The molecule has 0 aliphatic carbocycles. The lowest BCUT2D eigenvalue weighted by molar-refractivity contribution is 0.276. The first-order valence-corrected chi connectivity index (χ1v) is 4.15. The van der Waals surface area contributed by atoms with Gasteiger partial charge in [0.25, 0.3) is 0 Å².